The van der Waals surface area contributed by atoms with Crippen LogP contribution in [0.5, 0.6) is 0 Å². The third-order valence-corrected chi connectivity index (χ3v) is 6.61. The maximum atomic E-state index is 4.94. The van der Waals surface area contributed by atoms with Crippen molar-refractivity contribution in [2.75, 3.05) is 18.4 Å². The summed E-state index contributed by atoms with van der Waals surface area (Å²) < 4.78 is 2.04. The summed E-state index contributed by atoms with van der Waals surface area (Å²) in [4.78, 5) is 4.68. The van der Waals surface area contributed by atoms with Gasteiger partial charge in [-0.15, -0.1) is 11.8 Å². The van der Waals surface area contributed by atoms with Gasteiger partial charge < -0.3 is 10.6 Å². The van der Waals surface area contributed by atoms with Crippen molar-refractivity contribution in [3.05, 3.63) is 53.3 Å². The molecule has 1 aromatic carbocycles. The van der Waals surface area contributed by atoms with E-state index in [1.807, 2.05) is 22.5 Å². The highest BCUT2D eigenvalue weighted by atomic mass is 32.2. The lowest BCUT2D eigenvalue weighted by atomic mass is 10.1. The molecule has 2 aromatic heterocycles. The molecule has 3 heterocycles. The lowest BCUT2D eigenvalue weighted by molar-refractivity contribution is 0.531. The van der Waals surface area contributed by atoms with Crippen LogP contribution in [0, 0.1) is 6.92 Å². The zero-order valence-corrected chi connectivity index (χ0v) is 17.7. The number of rotatable bonds is 6. The SMILES string of the molecule is Cc1ccccc1CNc1cc(SC2CCNCC2)nn2c(C(C)C)cnc12. The number of nitrogens with zero attached hydrogens (tertiary/aromatic N) is 3. The van der Waals surface area contributed by atoms with Gasteiger partial charge >= 0.3 is 0 Å². The van der Waals surface area contributed by atoms with Crippen molar-refractivity contribution in [1.82, 2.24) is 19.9 Å². The zero-order valence-electron chi connectivity index (χ0n) is 16.9. The van der Waals surface area contributed by atoms with Crippen LogP contribution in [0.4, 0.5) is 5.69 Å². The topological polar surface area (TPSA) is 54.2 Å². The molecule has 1 fully saturated rings. The summed E-state index contributed by atoms with van der Waals surface area (Å²) in [6.45, 7) is 9.52. The number of benzene rings is 1. The van der Waals surface area contributed by atoms with Crippen LogP contribution in [0.3, 0.4) is 0 Å². The van der Waals surface area contributed by atoms with Crippen LogP contribution in [0.2, 0.25) is 0 Å². The predicted octanol–water partition coefficient (Wildman–Crippen LogP) is 4.62. The van der Waals surface area contributed by atoms with Crippen LogP contribution < -0.4 is 10.6 Å². The number of imidazole rings is 1. The first-order chi connectivity index (χ1) is 13.6. The van der Waals surface area contributed by atoms with Gasteiger partial charge in [-0.05, 0) is 56.0 Å². The van der Waals surface area contributed by atoms with Crippen molar-refractivity contribution in [2.45, 2.75) is 56.4 Å². The Morgan fingerprint density at radius 3 is 2.79 bits per heavy atom. The van der Waals surface area contributed by atoms with Crippen LogP contribution in [-0.4, -0.2) is 32.9 Å². The average molecular weight is 396 g/mol. The van der Waals surface area contributed by atoms with Crippen molar-refractivity contribution in [2.24, 2.45) is 0 Å². The minimum atomic E-state index is 0.380. The van der Waals surface area contributed by atoms with Gasteiger partial charge in [0.25, 0.3) is 0 Å². The summed E-state index contributed by atoms with van der Waals surface area (Å²) in [6.07, 6.45) is 4.35. The number of nitrogens with one attached hydrogen (secondary N) is 2. The van der Waals surface area contributed by atoms with E-state index in [1.54, 1.807) is 0 Å². The maximum Gasteiger partial charge on any atom is 0.177 e. The Balaban J connectivity index is 1.65. The molecule has 1 aliphatic heterocycles. The number of aryl methyl sites for hydroxylation is 1. The Morgan fingerprint density at radius 1 is 1.25 bits per heavy atom. The first kappa shape index (κ1) is 19.3. The number of hydrogen-bond acceptors (Lipinski definition) is 5. The summed E-state index contributed by atoms with van der Waals surface area (Å²) in [7, 11) is 0. The first-order valence-electron chi connectivity index (χ1n) is 10.2. The molecule has 1 saturated heterocycles. The first-order valence-corrected chi connectivity index (χ1v) is 11.0. The molecule has 0 radical (unpaired) electrons. The van der Waals surface area contributed by atoms with Gasteiger partial charge in [-0.1, -0.05) is 38.1 Å². The second kappa shape index (κ2) is 8.53. The lowest BCUT2D eigenvalue weighted by Crippen LogP contribution is -2.29. The molecule has 28 heavy (non-hydrogen) atoms. The van der Waals surface area contributed by atoms with Crippen molar-refractivity contribution in [3.63, 3.8) is 0 Å². The second-order valence-corrected chi connectivity index (χ2v) is 9.14. The highest BCUT2D eigenvalue weighted by Crippen LogP contribution is 2.31. The van der Waals surface area contributed by atoms with Gasteiger partial charge in [0.2, 0.25) is 0 Å². The number of piperidine rings is 1. The van der Waals surface area contributed by atoms with Gasteiger partial charge in [0.15, 0.2) is 5.65 Å². The number of thioether (sulfide) groups is 1. The van der Waals surface area contributed by atoms with E-state index in [0.717, 1.165) is 41.7 Å². The minimum absolute atomic E-state index is 0.380. The molecule has 0 unspecified atom stereocenters. The molecular weight excluding hydrogens is 366 g/mol. The summed E-state index contributed by atoms with van der Waals surface area (Å²) in [6, 6.07) is 10.7. The monoisotopic (exact) mass is 395 g/mol. The molecule has 0 saturated carbocycles. The highest BCUT2D eigenvalue weighted by molar-refractivity contribution is 7.99. The van der Waals surface area contributed by atoms with E-state index in [-0.39, 0.29) is 0 Å². The number of fused-ring (bicyclic) bond motifs is 1. The highest BCUT2D eigenvalue weighted by Gasteiger charge is 2.18. The fourth-order valence-corrected chi connectivity index (χ4v) is 4.75. The molecule has 1 aliphatic rings. The molecule has 3 aromatic rings. The summed E-state index contributed by atoms with van der Waals surface area (Å²) in [5, 5.41) is 13.7. The largest absolute Gasteiger partial charge is 0.378 e. The maximum absolute atomic E-state index is 4.94. The molecule has 5 nitrogen and oxygen atoms in total. The van der Waals surface area contributed by atoms with Gasteiger partial charge in [-0.25, -0.2) is 9.50 Å². The summed E-state index contributed by atoms with van der Waals surface area (Å²) >= 11 is 1.90. The van der Waals surface area contributed by atoms with E-state index in [0.29, 0.717) is 11.2 Å². The lowest BCUT2D eigenvalue weighted by Gasteiger charge is -2.22. The third kappa shape index (κ3) is 4.18. The van der Waals surface area contributed by atoms with Crippen molar-refractivity contribution >= 4 is 23.1 Å². The molecule has 0 amide bonds. The molecule has 148 valence electrons. The molecule has 6 heteroatoms. The number of anilines is 1. The van der Waals surface area contributed by atoms with Crippen LogP contribution in [0.25, 0.3) is 5.65 Å². The quantitative estimate of drug-likeness (QED) is 0.638. The average Bonchev–Trinajstić information content (AvgIpc) is 3.12. The van der Waals surface area contributed by atoms with Gasteiger partial charge in [0.1, 0.15) is 5.03 Å². The molecular formula is C22H29N5S. The second-order valence-electron chi connectivity index (χ2n) is 7.82. The van der Waals surface area contributed by atoms with Crippen LogP contribution in [-0.2, 0) is 6.54 Å². The van der Waals surface area contributed by atoms with Gasteiger partial charge in [-0.2, -0.15) is 5.10 Å². The standard InChI is InChI=1S/C22H29N5S/c1-15(2)20-14-25-22-19(24-13-17-7-5-4-6-16(17)3)12-21(26-27(20)22)28-18-8-10-23-11-9-18/h4-7,12,14-15,18,23-24H,8-11,13H2,1-3H3. The van der Waals surface area contributed by atoms with Crippen molar-refractivity contribution in [3.8, 4) is 0 Å². The van der Waals surface area contributed by atoms with Crippen LogP contribution in [0.1, 0.15) is 49.4 Å². The predicted molar refractivity (Wildman–Crippen MR) is 117 cm³/mol. The van der Waals surface area contributed by atoms with Crippen molar-refractivity contribution < 1.29 is 0 Å². The molecule has 0 bridgehead atoms. The van der Waals surface area contributed by atoms with E-state index >= 15 is 0 Å². The van der Waals surface area contributed by atoms with Crippen molar-refractivity contribution in [1.29, 1.82) is 0 Å². The van der Waals surface area contributed by atoms with E-state index < -0.39 is 0 Å². The molecule has 4 rings (SSSR count). The number of hydrogen-bond donors (Lipinski definition) is 2. The number of aromatic nitrogens is 3. The van der Waals surface area contributed by atoms with Crippen LogP contribution >= 0.6 is 11.8 Å². The van der Waals surface area contributed by atoms with E-state index in [1.165, 1.54) is 24.0 Å². The molecule has 2 N–H and O–H groups in total. The van der Waals surface area contributed by atoms with E-state index in [2.05, 4.69) is 66.7 Å². The smallest absolute Gasteiger partial charge is 0.177 e. The Labute approximate surface area is 171 Å². The summed E-state index contributed by atoms with van der Waals surface area (Å²) in [5.41, 5.74) is 5.73. The third-order valence-electron chi connectivity index (χ3n) is 5.37. The zero-order chi connectivity index (χ0) is 19.5. The fraction of sp³-hybridized carbons (Fsp3) is 0.455. The molecule has 0 atom stereocenters. The van der Waals surface area contributed by atoms with Gasteiger partial charge in [0, 0.05) is 11.8 Å². The van der Waals surface area contributed by atoms with Crippen LogP contribution in [0.15, 0.2) is 41.6 Å². The molecule has 0 spiro atoms. The Morgan fingerprint density at radius 2 is 2.04 bits per heavy atom. The van der Waals surface area contributed by atoms with E-state index in [9.17, 15) is 0 Å². The normalized spacial score (nSPS) is 15.4. The Bertz CT molecular complexity index is 943. The van der Waals surface area contributed by atoms with Gasteiger partial charge in [0.05, 0.1) is 17.6 Å². The molecule has 0 aliphatic carbocycles. The Hall–Kier alpha value is -2.05. The van der Waals surface area contributed by atoms with Gasteiger partial charge in [-0.3, -0.25) is 0 Å². The summed E-state index contributed by atoms with van der Waals surface area (Å²) in [5.74, 6) is 0.380. The fourth-order valence-electron chi connectivity index (χ4n) is 3.63. The minimum Gasteiger partial charge on any atom is -0.378 e. The van der Waals surface area contributed by atoms with E-state index in [4.69, 9.17) is 5.10 Å². The Kier molecular flexibility index (Phi) is 5.87.